The molecule has 0 unspecified atom stereocenters. The van der Waals surface area contributed by atoms with Gasteiger partial charge in [0.2, 0.25) is 0 Å². The summed E-state index contributed by atoms with van der Waals surface area (Å²) in [5.74, 6) is 1.53. The van der Waals surface area contributed by atoms with Gasteiger partial charge in [-0.3, -0.25) is 0 Å². The Morgan fingerprint density at radius 1 is 1.05 bits per heavy atom. The fourth-order valence-electron chi connectivity index (χ4n) is 2.11. The summed E-state index contributed by atoms with van der Waals surface area (Å²) in [5, 5.41) is 3.45. The maximum atomic E-state index is 5.75. The molecule has 2 rings (SSSR count). The molecule has 0 spiro atoms. The molecule has 21 heavy (non-hydrogen) atoms. The van der Waals surface area contributed by atoms with Crippen molar-refractivity contribution in [1.29, 1.82) is 0 Å². The second kappa shape index (κ2) is 8.05. The predicted molar refractivity (Wildman–Crippen MR) is 89.0 cm³/mol. The molecule has 0 heterocycles. The summed E-state index contributed by atoms with van der Waals surface area (Å²) >= 11 is 3.57. The average molecular weight is 350 g/mol. The monoisotopic (exact) mass is 349 g/mol. The standard InChI is InChI=1S/C17H20BrNO2/c1-13(14-7-3-4-8-15(14)18)19-11-12-21-17-10-6-5-9-16(17)20-2/h3-10,13,19H,11-12H2,1-2H3/t13-/m1/s1. The maximum Gasteiger partial charge on any atom is 0.161 e. The number of rotatable bonds is 7. The van der Waals surface area contributed by atoms with E-state index in [1.54, 1.807) is 7.11 Å². The second-order valence-electron chi connectivity index (χ2n) is 4.70. The lowest BCUT2D eigenvalue weighted by atomic mass is 10.1. The zero-order valence-corrected chi connectivity index (χ0v) is 13.9. The molecule has 0 bridgehead atoms. The number of para-hydroxylation sites is 2. The Labute approximate surface area is 134 Å². The van der Waals surface area contributed by atoms with E-state index in [1.807, 2.05) is 36.4 Å². The van der Waals surface area contributed by atoms with Crippen molar-refractivity contribution in [2.75, 3.05) is 20.3 Å². The molecule has 0 radical (unpaired) electrons. The normalized spacial score (nSPS) is 12.0. The van der Waals surface area contributed by atoms with Gasteiger partial charge in [0.1, 0.15) is 6.61 Å². The van der Waals surface area contributed by atoms with Crippen molar-refractivity contribution in [2.45, 2.75) is 13.0 Å². The number of methoxy groups -OCH3 is 1. The Balaban J connectivity index is 1.81. The molecule has 0 amide bonds. The van der Waals surface area contributed by atoms with E-state index in [1.165, 1.54) is 5.56 Å². The topological polar surface area (TPSA) is 30.5 Å². The summed E-state index contributed by atoms with van der Waals surface area (Å²) in [4.78, 5) is 0. The number of halogens is 1. The zero-order chi connectivity index (χ0) is 15.1. The van der Waals surface area contributed by atoms with Crippen molar-refractivity contribution < 1.29 is 9.47 Å². The van der Waals surface area contributed by atoms with Crippen LogP contribution >= 0.6 is 15.9 Å². The van der Waals surface area contributed by atoms with Crippen LogP contribution in [0.3, 0.4) is 0 Å². The number of nitrogens with one attached hydrogen (secondary N) is 1. The molecular weight excluding hydrogens is 330 g/mol. The second-order valence-corrected chi connectivity index (χ2v) is 5.55. The van der Waals surface area contributed by atoms with Gasteiger partial charge in [0, 0.05) is 17.1 Å². The Morgan fingerprint density at radius 2 is 1.71 bits per heavy atom. The smallest absolute Gasteiger partial charge is 0.161 e. The minimum atomic E-state index is 0.266. The molecule has 0 aliphatic carbocycles. The molecule has 1 atom stereocenters. The number of ether oxygens (including phenoxy) is 2. The molecule has 2 aromatic rings. The van der Waals surface area contributed by atoms with E-state index in [2.05, 4.69) is 40.3 Å². The third-order valence-corrected chi connectivity index (χ3v) is 3.97. The van der Waals surface area contributed by atoms with E-state index in [0.29, 0.717) is 6.61 Å². The van der Waals surface area contributed by atoms with Crippen LogP contribution < -0.4 is 14.8 Å². The van der Waals surface area contributed by atoms with Crippen LogP contribution in [-0.4, -0.2) is 20.3 Å². The fraction of sp³-hybridized carbons (Fsp3) is 0.294. The Kier molecular flexibility index (Phi) is 6.08. The van der Waals surface area contributed by atoms with Crippen molar-refractivity contribution >= 4 is 15.9 Å². The lowest BCUT2D eigenvalue weighted by molar-refractivity contribution is 0.287. The van der Waals surface area contributed by atoms with E-state index in [9.17, 15) is 0 Å². The molecular formula is C17H20BrNO2. The fourth-order valence-corrected chi connectivity index (χ4v) is 2.74. The van der Waals surface area contributed by atoms with Gasteiger partial charge in [-0.15, -0.1) is 0 Å². The van der Waals surface area contributed by atoms with Gasteiger partial charge in [-0.05, 0) is 30.7 Å². The van der Waals surface area contributed by atoms with E-state index in [4.69, 9.17) is 9.47 Å². The minimum Gasteiger partial charge on any atom is -0.493 e. The van der Waals surface area contributed by atoms with Gasteiger partial charge in [0.25, 0.3) is 0 Å². The zero-order valence-electron chi connectivity index (χ0n) is 12.3. The third-order valence-electron chi connectivity index (χ3n) is 3.25. The average Bonchev–Trinajstić information content (AvgIpc) is 2.52. The number of hydrogen-bond donors (Lipinski definition) is 1. The van der Waals surface area contributed by atoms with Crippen LogP contribution in [0.15, 0.2) is 53.0 Å². The highest BCUT2D eigenvalue weighted by Crippen LogP contribution is 2.26. The van der Waals surface area contributed by atoms with Gasteiger partial charge in [0.05, 0.1) is 7.11 Å². The molecule has 0 aliphatic heterocycles. The van der Waals surface area contributed by atoms with Crippen LogP contribution in [0.25, 0.3) is 0 Å². The molecule has 0 aromatic heterocycles. The highest BCUT2D eigenvalue weighted by atomic mass is 79.9. The summed E-state index contributed by atoms with van der Waals surface area (Å²) in [7, 11) is 1.65. The first-order chi connectivity index (χ1) is 10.2. The molecule has 3 nitrogen and oxygen atoms in total. The molecule has 0 aliphatic rings. The SMILES string of the molecule is COc1ccccc1OCCN[C@H](C)c1ccccc1Br. The lowest BCUT2D eigenvalue weighted by Gasteiger charge is -2.16. The minimum absolute atomic E-state index is 0.266. The summed E-state index contributed by atoms with van der Waals surface area (Å²) in [6.45, 7) is 3.50. The Bertz CT molecular complexity index is 574. The lowest BCUT2D eigenvalue weighted by Crippen LogP contribution is -2.24. The number of benzene rings is 2. The van der Waals surface area contributed by atoms with E-state index >= 15 is 0 Å². The summed E-state index contributed by atoms with van der Waals surface area (Å²) in [6, 6.07) is 16.2. The Hall–Kier alpha value is -1.52. The van der Waals surface area contributed by atoms with E-state index in [0.717, 1.165) is 22.5 Å². The van der Waals surface area contributed by atoms with Crippen molar-refractivity contribution in [3.63, 3.8) is 0 Å². The summed E-state index contributed by atoms with van der Waals surface area (Å²) in [6.07, 6.45) is 0. The molecule has 1 N–H and O–H groups in total. The van der Waals surface area contributed by atoms with Crippen molar-refractivity contribution in [3.05, 3.63) is 58.6 Å². The molecule has 0 fully saturated rings. The van der Waals surface area contributed by atoms with Gasteiger partial charge in [0.15, 0.2) is 11.5 Å². The number of hydrogen-bond acceptors (Lipinski definition) is 3. The van der Waals surface area contributed by atoms with Crippen LogP contribution in [-0.2, 0) is 0 Å². The first-order valence-electron chi connectivity index (χ1n) is 6.96. The largest absolute Gasteiger partial charge is 0.493 e. The van der Waals surface area contributed by atoms with Crippen LogP contribution in [0.1, 0.15) is 18.5 Å². The third kappa shape index (κ3) is 4.48. The van der Waals surface area contributed by atoms with Gasteiger partial charge >= 0.3 is 0 Å². The van der Waals surface area contributed by atoms with E-state index in [-0.39, 0.29) is 6.04 Å². The molecule has 4 heteroatoms. The maximum absolute atomic E-state index is 5.75. The predicted octanol–water partition coefficient (Wildman–Crippen LogP) is 4.19. The quantitative estimate of drug-likeness (QED) is 0.760. The van der Waals surface area contributed by atoms with Crippen molar-refractivity contribution in [2.24, 2.45) is 0 Å². The first-order valence-corrected chi connectivity index (χ1v) is 7.75. The molecule has 0 saturated heterocycles. The van der Waals surface area contributed by atoms with Crippen LogP contribution in [0, 0.1) is 0 Å². The van der Waals surface area contributed by atoms with Crippen molar-refractivity contribution in [1.82, 2.24) is 5.32 Å². The van der Waals surface area contributed by atoms with Crippen LogP contribution in [0.2, 0.25) is 0 Å². The summed E-state index contributed by atoms with van der Waals surface area (Å²) in [5.41, 5.74) is 1.25. The first kappa shape index (κ1) is 15.9. The van der Waals surface area contributed by atoms with Gasteiger partial charge in [-0.2, -0.15) is 0 Å². The van der Waals surface area contributed by atoms with E-state index < -0.39 is 0 Å². The summed E-state index contributed by atoms with van der Waals surface area (Å²) < 4.78 is 12.1. The van der Waals surface area contributed by atoms with Gasteiger partial charge in [-0.25, -0.2) is 0 Å². The molecule has 0 saturated carbocycles. The Morgan fingerprint density at radius 3 is 2.43 bits per heavy atom. The molecule has 112 valence electrons. The van der Waals surface area contributed by atoms with Crippen LogP contribution in [0.4, 0.5) is 0 Å². The van der Waals surface area contributed by atoms with Gasteiger partial charge < -0.3 is 14.8 Å². The van der Waals surface area contributed by atoms with Crippen LogP contribution in [0.5, 0.6) is 11.5 Å². The van der Waals surface area contributed by atoms with Gasteiger partial charge in [-0.1, -0.05) is 46.3 Å². The van der Waals surface area contributed by atoms with Crippen molar-refractivity contribution in [3.8, 4) is 11.5 Å². The highest BCUT2D eigenvalue weighted by Gasteiger charge is 2.08. The molecule has 2 aromatic carbocycles. The highest BCUT2D eigenvalue weighted by molar-refractivity contribution is 9.10.